The maximum Gasteiger partial charge on any atom is 0.150 e. The van der Waals surface area contributed by atoms with Crippen molar-refractivity contribution in [3.8, 4) is 5.75 Å². The summed E-state index contributed by atoms with van der Waals surface area (Å²) < 4.78 is 6.31. The molecule has 2 heteroatoms. The van der Waals surface area contributed by atoms with Crippen LogP contribution in [-0.4, -0.2) is 6.29 Å². The number of benzene rings is 4. The Labute approximate surface area is 159 Å². The van der Waals surface area contributed by atoms with Crippen LogP contribution in [0.2, 0.25) is 0 Å². The van der Waals surface area contributed by atoms with E-state index in [2.05, 4.69) is 54.6 Å². The van der Waals surface area contributed by atoms with Crippen molar-refractivity contribution in [2.75, 3.05) is 0 Å². The summed E-state index contributed by atoms with van der Waals surface area (Å²) in [5, 5.41) is 4.82. The average Bonchev–Trinajstić information content (AvgIpc) is 2.67. The largest absolute Gasteiger partial charge is 0.488 e. The molecule has 27 heavy (non-hydrogen) atoms. The van der Waals surface area contributed by atoms with E-state index in [1.165, 1.54) is 27.1 Å². The summed E-state index contributed by atoms with van der Waals surface area (Å²) in [6.45, 7) is 6.42. The van der Waals surface area contributed by atoms with Crippen LogP contribution in [0.25, 0.3) is 21.5 Å². The summed E-state index contributed by atoms with van der Waals surface area (Å²) in [6, 6.07) is 21.1. The summed E-state index contributed by atoms with van der Waals surface area (Å²) in [6.07, 6.45) is 0.921. The summed E-state index contributed by atoms with van der Waals surface area (Å²) in [4.78, 5) is 11.5. The lowest BCUT2D eigenvalue weighted by Gasteiger charge is -2.17. The monoisotopic (exact) mass is 354 g/mol. The number of ether oxygens (including phenoxy) is 1. The second-order valence-corrected chi connectivity index (χ2v) is 7.08. The van der Waals surface area contributed by atoms with Gasteiger partial charge in [-0.2, -0.15) is 0 Å². The number of carbonyl (C=O) groups excluding carboxylic acids is 1. The quantitative estimate of drug-likeness (QED) is 0.317. The Morgan fingerprint density at radius 1 is 0.815 bits per heavy atom. The van der Waals surface area contributed by atoms with Crippen LogP contribution in [0.4, 0.5) is 0 Å². The first-order valence-electron chi connectivity index (χ1n) is 9.18. The molecule has 0 aliphatic carbocycles. The van der Waals surface area contributed by atoms with Gasteiger partial charge in [0.05, 0.1) is 0 Å². The minimum absolute atomic E-state index is 0.463. The predicted molar refractivity (Wildman–Crippen MR) is 112 cm³/mol. The molecule has 0 bridgehead atoms. The topological polar surface area (TPSA) is 26.3 Å². The van der Waals surface area contributed by atoms with Gasteiger partial charge in [-0.05, 0) is 59.5 Å². The summed E-state index contributed by atoms with van der Waals surface area (Å²) in [5.74, 6) is 0.805. The van der Waals surface area contributed by atoms with Gasteiger partial charge in [-0.25, -0.2) is 0 Å². The minimum Gasteiger partial charge on any atom is -0.488 e. The molecule has 0 atom stereocenters. The third-order valence-corrected chi connectivity index (χ3v) is 5.32. The molecule has 0 unspecified atom stereocenters. The van der Waals surface area contributed by atoms with Gasteiger partial charge in [-0.1, -0.05) is 54.6 Å². The van der Waals surface area contributed by atoms with Crippen molar-refractivity contribution in [1.82, 2.24) is 0 Å². The van der Waals surface area contributed by atoms with Gasteiger partial charge in [0.25, 0.3) is 0 Å². The Hall–Kier alpha value is -3.13. The zero-order valence-corrected chi connectivity index (χ0v) is 15.9. The molecule has 0 saturated carbocycles. The van der Waals surface area contributed by atoms with E-state index in [0.29, 0.717) is 6.61 Å². The highest BCUT2D eigenvalue weighted by Crippen LogP contribution is 2.32. The number of fused-ring (bicyclic) bond motifs is 2. The highest BCUT2D eigenvalue weighted by molar-refractivity contribution is 6.02. The van der Waals surface area contributed by atoms with Crippen LogP contribution >= 0.6 is 0 Å². The Morgan fingerprint density at radius 3 is 2.00 bits per heavy atom. The summed E-state index contributed by atoms with van der Waals surface area (Å²) in [7, 11) is 0. The van der Waals surface area contributed by atoms with Crippen LogP contribution in [-0.2, 0) is 6.61 Å². The predicted octanol–water partition coefficient (Wildman–Crippen LogP) is 6.31. The van der Waals surface area contributed by atoms with E-state index in [1.54, 1.807) is 0 Å². The van der Waals surface area contributed by atoms with Crippen LogP contribution in [0.1, 0.15) is 32.6 Å². The van der Waals surface area contributed by atoms with Gasteiger partial charge in [-0.3, -0.25) is 4.79 Å². The lowest BCUT2D eigenvalue weighted by atomic mass is 9.97. The molecule has 0 fully saturated rings. The minimum atomic E-state index is 0.463. The van der Waals surface area contributed by atoms with E-state index in [1.807, 2.05) is 26.8 Å². The fraction of sp³-hybridized carbons (Fsp3) is 0.160. The number of aldehydes is 1. The van der Waals surface area contributed by atoms with Gasteiger partial charge in [-0.15, -0.1) is 0 Å². The molecule has 0 aromatic heterocycles. The van der Waals surface area contributed by atoms with Crippen molar-refractivity contribution in [3.05, 3.63) is 88.5 Å². The standard InChI is InChI=1S/C25H22O2/c1-16-12-17(2)25(18(3)23(16)14-26)27-15-24-21-10-6-4-8-19(21)13-20-9-5-7-11-22(20)24/h4-14H,15H2,1-3H3. The molecule has 0 spiro atoms. The number of rotatable bonds is 4. The van der Waals surface area contributed by atoms with Gasteiger partial charge >= 0.3 is 0 Å². The molecule has 0 aliphatic heterocycles. The number of aryl methyl sites for hydroxylation is 2. The Kier molecular flexibility index (Phi) is 4.41. The van der Waals surface area contributed by atoms with E-state index in [4.69, 9.17) is 4.74 Å². The molecule has 2 nitrogen and oxygen atoms in total. The van der Waals surface area contributed by atoms with Gasteiger partial charge in [0.2, 0.25) is 0 Å². The highest BCUT2D eigenvalue weighted by atomic mass is 16.5. The fourth-order valence-electron chi connectivity index (χ4n) is 3.99. The second kappa shape index (κ2) is 6.88. The smallest absolute Gasteiger partial charge is 0.150 e. The third kappa shape index (κ3) is 2.97. The van der Waals surface area contributed by atoms with E-state index >= 15 is 0 Å². The third-order valence-electron chi connectivity index (χ3n) is 5.32. The normalized spacial score (nSPS) is 11.1. The molecule has 4 rings (SSSR count). The van der Waals surface area contributed by atoms with Crippen molar-refractivity contribution in [2.24, 2.45) is 0 Å². The van der Waals surface area contributed by atoms with Crippen molar-refractivity contribution in [3.63, 3.8) is 0 Å². The van der Waals surface area contributed by atoms with Crippen LogP contribution in [0.5, 0.6) is 5.75 Å². The molecule has 4 aromatic rings. The molecule has 0 amide bonds. The van der Waals surface area contributed by atoms with Crippen molar-refractivity contribution in [1.29, 1.82) is 0 Å². The Morgan fingerprint density at radius 2 is 1.41 bits per heavy atom. The van der Waals surface area contributed by atoms with Gasteiger partial charge in [0, 0.05) is 16.7 Å². The fourth-order valence-corrected chi connectivity index (χ4v) is 3.99. The van der Waals surface area contributed by atoms with Gasteiger partial charge in [0.15, 0.2) is 6.29 Å². The van der Waals surface area contributed by atoms with E-state index < -0.39 is 0 Å². The van der Waals surface area contributed by atoms with E-state index in [-0.39, 0.29) is 0 Å². The number of hydrogen-bond acceptors (Lipinski definition) is 2. The van der Waals surface area contributed by atoms with Crippen molar-refractivity contribution in [2.45, 2.75) is 27.4 Å². The first kappa shape index (κ1) is 17.3. The maximum absolute atomic E-state index is 11.5. The van der Waals surface area contributed by atoms with Gasteiger partial charge < -0.3 is 4.74 Å². The Bertz CT molecular complexity index is 1120. The number of carbonyl (C=O) groups is 1. The number of hydrogen-bond donors (Lipinski definition) is 0. The molecule has 0 aliphatic rings. The molecule has 4 aromatic carbocycles. The van der Waals surface area contributed by atoms with Crippen molar-refractivity contribution < 1.29 is 9.53 Å². The van der Waals surface area contributed by atoms with Crippen LogP contribution in [0, 0.1) is 20.8 Å². The molecule has 0 N–H and O–H groups in total. The first-order valence-corrected chi connectivity index (χ1v) is 9.18. The van der Waals surface area contributed by atoms with Crippen LogP contribution < -0.4 is 4.74 Å². The lowest BCUT2D eigenvalue weighted by molar-refractivity contribution is 0.112. The first-order chi connectivity index (χ1) is 13.1. The van der Waals surface area contributed by atoms with E-state index in [9.17, 15) is 4.79 Å². The van der Waals surface area contributed by atoms with Crippen LogP contribution in [0.15, 0.2) is 60.7 Å². The highest BCUT2D eigenvalue weighted by Gasteiger charge is 2.14. The van der Waals surface area contributed by atoms with Crippen molar-refractivity contribution >= 4 is 27.8 Å². The molecule has 134 valence electrons. The second-order valence-electron chi connectivity index (χ2n) is 7.08. The SMILES string of the molecule is Cc1cc(C)c(OCc2c3ccccc3cc3ccccc23)c(C)c1C=O. The molecular weight excluding hydrogens is 332 g/mol. The Balaban J connectivity index is 1.84. The molecule has 0 saturated heterocycles. The lowest BCUT2D eigenvalue weighted by Crippen LogP contribution is -2.04. The van der Waals surface area contributed by atoms with Gasteiger partial charge in [0.1, 0.15) is 12.4 Å². The van der Waals surface area contributed by atoms with Crippen LogP contribution in [0.3, 0.4) is 0 Å². The zero-order chi connectivity index (χ0) is 19.0. The summed E-state index contributed by atoms with van der Waals surface area (Å²) in [5.41, 5.74) is 4.85. The molecule has 0 heterocycles. The van der Waals surface area contributed by atoms with E-state index in [0.717, 1.165) is 34.3 Å². The average molecular weight is 354 g/mol. The molecule has 0 radical (unpaired) electrons. The maximum atomic E-state index is 11.5. The zero-order valence-electron chi connectivity index (χ0n) is 15.9. The molecular formula is C25H22O2. The summed E-state index contributed by atoms with van der Waals surface area (Å²) >= 11 is 0.